The van der Waals surface area contributed by atoms with Gasteiger partial charge in [-0.15, -0.1) is 0 Å². The van der Waals surface area contributed by atoms with Gasteiger partial charge in [0.25, 0.3) is 0 Å². The molecule has 1 aromatic rings. The lowest BCUT2D eigenvalue weighted by Gasteiger charge is -2.59. The zero-order valence-electron chi connectivity index (χ0n) is 21.6. The number of pyridine rings is 1. The third-order valence-corrected chi connectivity index (χ3v) is 10.4. The standard InChI is InChI=1S/C29H41N3O2/c1-6-20-17-21(11-14-30-20)31-25(33)16-19-7-8-23-22-15-18(2)27-29(4,13-10-26(34)32(27)5)24(22)9-12-28(19,23)3/h11,14,17,19,22-24H,6-10,12-13,15-16H2,1-5H3,(H,30,31,33)/t19-,22+,23+,24+,28-,29-/m1/s1. The van der Waals surface area contributed by atoms with Crippen LogP contribution in [0, 0.1) is 34.5 Å². The number of hydrogen-bond donors (Lipinski definition) is 1. The van der Waals surface area contributed by atoms with E-state index in [1.54, 1.807) is 6.20 Å². The van der Waals surface area contributed by atoms with Crippen molar-refractivity contribution in [1.29, 1.82) is 0 Å². The maximum atomic E-state index is 13.0. The topological polar surface area (TPSA) is 62.3 Å². The summed E-state index contributed by atoms with van der Waals surface area (Å²) >= 11 is 0. The van der Waals surface area contributed by atoms with Gasteiger partial charge in [0, 0.05) is 48.6 Å². The molecule has 1 N–H and O–H groups in total. The number of likely N-dealkylation sites (tertiary alicyclic amines) is 1. The number of carbonyl (C=O) groups excluding carboxylic acids is 2. The molecule has 184 valence electrons. The fourth-order valence-electron chi connectivity index (χ4n) is 8.74. The third-order valence-electron chi connectivity index (χ3n) is 10.4. The van der Waals surface area contributed by atoms with E-state index in [0.29, 0.717) is 36.5 Å². The average molecular weight is 464 g/mol. The Morgan fingerprint density at radius 3 is 2.76 bits per heavy atom. The molecule has 0 spiro atoms. The number of fused-ring (bicyclic) bond motifs is 5. The number of amides is 2. The highest BCUT2D eigenvalue weighted by atomic mass is 16.2. The number of allylic oxidation sites excluding steroid dienone is 2. The van der Waals surface area contributed by atoms with E-state index in [-0.39, 0.29) is 22.6 Å². The summed E-state index contributed by atoms with van der Waals surface area (Å²) < 4.78 is 0. The number of nitrogens with zero attached hydrogens (tertiary/aromatic N) is 2. The summed E-state index contributed by atoms with van der Waals surface area (Å²) in [5, 5.41) is 3.15. The van der Waals surface area contributed by atoms with E-state index in [0.717, 1.165) is 37.1 Å². The number of aryl methyl sites for hydroxylation is 1. The van der Waals surface area contributed by atoms with Gasteiger partial charge in [-0.25, -0.2) is 0 Å². The Bertz CT molecular complexity index is 1030. The second-order valence-electron chi connectivity index (χ2n) is 12.0. The largest absolute Gasteiger partial charge is 0.326 e. The van der Waals surface area contributed by atoms with Gasteiger partial charge in [0.1, 0.15) is 0 Å². The molecule has 6 atom stereocenters. The molecule has 0 aromatic carbocycles. The number of piperidine rings is 1. The van der Waals surface area contributed by atoms with E-state index in [2.05, 4.69) is 38.0 Å². The highest BCUT2D eigenvalue weighted by Crippen LogP contribution is 2.67. The van der Waals surface area contributed by atoms with Crippen molar-refractivity contribution in [2.24, 2.45) is 34.5 Å². The van der Waals surface area contributed by atoms with E-state index in [1.807, 2.05) is 24.1 Å². The van der Waals surface area contributed by atoms with Crippen LogP contribution in [0.5, 0.6) is 0 Å². The molecule has 3 fully saturated rings. The minimum absolute atomic E-state index is 0.116. The van der Waals surface area contributed by atoms with Crippen LogP contribution in [0.4, 0.5) is 5.69 Å². The summed E-state index contributed by atoms with van der Waals surface area (Å²) in [7, 11) is 1.99. The Balaban J connectivity index is 1.34. The van der Waals surface area contributed by atoms with E-state index in [1.165, 1.54) is 30.5 Å². The van der Waals surface area contributed by atoms with Crippen molar-refractivity contribution in [3.05, 3.63) is 35.3 Å². The predicted octanol–water partition coefficient (Wildman–Crippen LogP) is 5.97. The summed E-state index contributed by atoms with van der Waals surface area (Å²) in [6.45, 7) is 9.27. The lowest BCUT2D eigenvalue weighted by molar-refractivity contribution is -0.136. The molecule has 5 heteroatoms. The number of anilines is 1. The van der Waals surface area contributed by atoms with Gasteiger partial charge in [0.15, 0.2) is 0 Å². The number of carbonyl (C=O) groups is 2. The normalized spacial score (nSPS) is 37.2. The van der Waals surface area contributed by atoms with Crippen LogP contribution in [0.15, 0.2) is 29.6 Å². The Labute approximate surface area is 204 Å². The smallest absolute Gasteiger partial charge is 0.226 e. The molecule has 0 unspecified atom stereocenters. The van der Waals surface area contributed by atoms with Crippen LogP contribution in [-0.4, -0.2) is 28.7 Å². The lowest BCUT2D eigenvalue weighted by Crippen LogP contribution is -2.54. The quantitative estimate of drug-likeness (QED) is 0.598. The maximum absolute atomic E-state index is 13.0. The monoisotopic (exact) mass is 463 g/mol. The molecule has 3 aliphatic carbocycles. The van der Waals surface area contributed by atoms with Gasteiger partial charge < -0.3 is 10.2 Å². The molecule has 1 aliphatic heterocycles. The number of aromatic nitrogens is 1. The molecular weight excluding hydrogens is 422 g/mol. The lowest BCUT2D eigenvalue weighted by atomic mass is 9.48. The fraction of sp³-hybridized carbons (Fsp3) is 0.690. The first kappa shape index (κ1) is 23.6. The maximum Gasteiger partial charge on any atom is 0.226 e. The van der Waals surface area contributed by atoms with Gasteiger partial charge in [0.2, 0.25) is 11.8 Å². The van der Waals surface area contributed by atoms with Crippen molar-refractivity contribution in [2.75, 3.05) is 12.4 Å². The summed E-state index contributed by atoms with van der Waals surface area (Å²) in [5.74, 6) is 2.86. The van der Waals surface area contributed by atoms with Crippen molar-refractivity contribution in [1.82, 2.24) is 9.88 Å². The van der Waals surface area contributed by atoms with Crippen LogP contribution in [0.3, 0.4) is 0 Å². The molecule has 0 radical (unpaired) electrons. The van der Waals surface area contributed by atoms with Gasteiger partial charge in [-0.1, -0.05) is 26.3 Å². The Kier molecular flexibility index (Phi) is 5.89. The van der Waals surface area contributed by atoms with E-state index < -0.39 is 0 Å². The number of nitrogens with one attached hydrogen (secondary N) is 1. The molecule has 2 heterocycles. The minimum Gasteiger partial charge on any atom is -0.326 e. The SMILES string of the molecule is CCc1cc(NC(=O)C[C@H]2CC[C@H]3[C@@H]4CC(C)=C5N(C)C(=O)CC[C@]5(C)[C@H]4CC[C@]23C)ccn1. The minimum atomic E-state index is 0.116. The molecule has 2 saturated carbocycles. The second-order valence-corrected chi connectivity index (χ2v) is 12.0. The van der Waals surface area contributed by atoms with Crippen molar-refractivity contribution in [2.45, 2.75) is 85.5 Å². The Morgan fingerprint density at radius 2 is 2.00 bits per heavy atom. The second kappa shape index (κ2) is 8.49. The van der Waals surface area contributed by atoms with Gasteiger partial charge >= 0.3 is 0 Å². The molecule has 1 aromatic heterocycles. The molecule has 1 saturated heterocycles. The summed E-state index contributed by atoms with van der Waals surface area (Å²) in [6.07, 6.45) is 10.8. The van der Waals surface area contributed by atoms with Crippen LogP contribution >= 0.6 is 0 Å². The van der Waals surface area contributed by atoms with Crippen LogP contribution in [0.2, 0.25) is 0 Å². The third kappa shape index (κ3) is 3.61. The van der Waals surface area contributed by atoms with Crippen molar-refractivity contribution in [3.63, 3.8) is 0 Å². The van der Waals surface area contributed by atoms with Crippen LogP contribution in [-0.2, 0) is 16.0 Å². The highest BCUT2D eigenvalue weighted by Gasteiger charge is 2.60. The van der Waals surface area contributed by atoms with Gasteiger partial charge in [-0.05, 0) is 93.1 Å². The average Bonchev–Trinajstić information content (AvgIpc) is 3.13. The highest BCUT2D eigenvalue weighted by molar-refractivity contribution is 5.90. The molecule has 5 rings (SSSR count). The van der Waals surface area contributed by atoms with E-state index >= 15 is 0 Å². The first-order chi connectivity index (χ1) is 16.2. The van der Waals surface area contributed by atoms with Crippen molar-refractivity contribution < 1.29 is 9.59 Å². The Hall–Kier alpha value is -2.17. The first-order valence-corrected chi connectivity index (χ1v) is 13.4. The molecule has 5 nitrogen and oxygen atoms in total. The number of rotatable bonds is 4. The molecule has 2 amide bonds. The fourth-order valence-corrected chi connectivity index (χ4v) is 8.74. The Morgan fingerprint density at radius 1 is 1.21 bits per heavy atom. The van der Waals surface area contributed by atoms with Crippen molar-refractivity contribution >= 4 is 17.5 Å². The zero-order valence-corrected chi connectivity index (χ0v) is 21.6. The summed E-state index contributed by atoms with van der Waals surface area (Å²) in [6, 6.07) is 3.88. The molecule has 0 bridgehead atoms. The molecule has 4 aliphatic rings. The van der Waals surface area contributed by atoms with Crippen LogP contribution in [0.25, 0.3) is 0 Å². The van der Waals surface area contributed by atoms with Crippen molar-refractivity contribution in [3.8, 4) is 0 Å². The predicted molar refractivity (Wildman–Crippen MR) is 135 cm³/mol. The van der Waals surface area contributed by atoms with Gasteiger partial charge in [-0.2, -0.15) is 0 Å². The van der Waals surface area contributed by atoms with Crippen LogP contribution < -0.4 is 5.32 Å². The molecule has 34 heavy (non-hydrogen) atoms. The van der Waals surface area contributed by atoms with Crippen LogP contribution in [0.1, 0.15) is 84.8 Å². The zero-order chi connectivity index (χ0) is 24.3. The summed E-state index contributed by atoms with van der Waals surface area (Å²) in [5.41, 5.74) is 4.97. The summed E-state index contributed by atoms with van der Waals surface area (Å²) in [4.78, 5) is 31.9. The number of hydrogen-bond acceptors (Lipinski definition) is 3. The van der Waals surface area contributed by atoms with Gasteiger partial charge in [-0.3, -0.25) is 14.6 Å². The molecular formula is C29H41N3O2. The first-order valence-electron chi connectivity index (χ1n) is 13.4. The van der Waals surface area contributed by atoms with E-state index in [9.17, 15) is 9.59 Å². The van der Waals surface area contributed by atoms with E-state index in [4.69, 9.17) is 0 Å². The van der Waals surface area contributed by atoms with Gasteiger partial charge in [0.05, 0.1) is 0 Å².